The van der Waals surface area contributed by atoms with Gasteiger partial charge in [0.2, 0.25) is 0 Å². The molecule has 3 aromatic rings. The molecule has 0 unspecified atom stereocenters. The predicted octanol–water partition coefficient (Wildman–Crippen LogP) is 1.85. The summed E-state index contributed by atoms with van der Waals surface area (Å²) in [5, 5.41) is 2.65. The molecule has 0 saturated carbocycles. The molecule has 1 amide bonds. The number of aryl methyl sites for hydroxylation is 1. The average Bonchev–Trinajstić information content (AvgIpc) is 3.19. The Morgan fingerprint density at radius 1 is 1.30 bits per heavy atom. The molecule has 27 heavy (non-hydrogen) atoms. The summed E-state index contributed by atoms with van der Waals surface area (Å²) in [6.45, 7) is 2.14. The monoisotopic (exact) mass is 369 g/mol. The molecule has 3 rings (SSSR count). The Bertz CT molecular complexity index is 1010. The van der Waals surface area contributed by atoms with Crippen molar-refractivity contribution in [2.45, 2.75) is 26.4 Å². The number of rotatable bonds is 7. The van der Waals surface area contributed by atoms with Crippen LogP contribution in [-0.4, -0.2) is 27.8 Å². The quantitative estimate of drug-likeness (QED) is 0.504. The first-order chi connectivity index (χ1) is 13.0. The number of carbonyl (C=O) groups excluding carboxylic acids is 2. The van der Waals surface area contributed by atoms with Crippen LogP contribution in [0.25, 0.3) is 5.65 Å². The number of hydrogen-bond acceptors (Lipinski definition) is 6. The second-order valence-electron chi connectivity index (χ2n) is 6.02. The van der Waals surface area contributed by atoms with E-state index in [0.717, 1.165) is 5.56 Å². The number of fused-ring (bicyclic) bond motifs is 1. The number of esters is 1. The maximum atomic E-state index is 12.1. The molecule has 0 radical (unpaired) electrons. The molecule has 1 N–H and O–H groups in total. The maximum absolute atomic E-state index is 12.1. The fourth-order valence-corrected chi connectivity index (χ4v) is 2.49. The van der Waals surface area contributed by atoms with Crippen molar-refractivity contribution >= 4 is 17.5 Å². The lowest BCUT2D eigenvalue weighted by Crippen LogP contribution is -2.24. The highest BCUT2D eigenvalue weighted by atomic mass is 16.5. The van der Waals surface area contributed by atoms with Crippen LogP contribution >= 0.6 is 0 Å². The standard InChI is InChI=1S/C19H19N3O5/c1-13-6-7-16-21-14(10-17(23)22(16)11-13)12-27-18(24)5-2-8-20-19(25)15-4-3-9-26-15/h3-4,6-7,9-11H,2,5,8,12H2,1H3,(H,20,25). The molecule has 0 saturated heterocycles. The number of nitrogens with zero attached hydrogens (tertiary/aromatic N) is 2. The summed E-state index contributed by atoms with van der Waals surface area (Å²) in [6.07, 6.45) is 3.69. The molecule has 3 aromatic heterocycles. The van der Waals surface area contributed by atoms with Crippen LogP contribution in [0.2, 0.25) is 0 Å². The van der Waals surface area contributed by atoms with Crippen molar-refractivity contribution in [1.82, 2.24) is 14.7 Å². The van der Waals surface area contributed by atoms with Crippen LogP contribution in [0.15, 0.2) is 52.0 Å². The second-order valence-corrected chi connectivity index (χ2v) is 6.02. The third-order valence-electron chi connectivity index (χ3n) is 3.83. The topological polar surface area (TPSA) is 103 Å². The first-order valence-electron chi connectivity index (χ1n) is 8.49. The first kappa shape index (κ1) is 18.4. The highest BCUT2D eigenvalue weighted by Crippen LogP contribution is 2.04. The van der Waals surface area contributed by atoms with Gasteiger partial charge in [-0.1, -0.05) is 6.07 Å². The van der Waals surface area contributed by atoms with Gasteiger partial charge in [0.05, 0.1) is 12.0 Å². The van der Waals surface area contributed by atoms with Crippen molar-refractivity contribution < 1.29 is 18.7 Å². The van der Waals surface area contributed by atoms with E-state index in [1.807, 2.05) is 13.0 Å². The third kappa shape index (κ3) is 4.81. The van der Waals surface area contributed by atoms with E-state index in [9.17, 15) is 14.4 Å². The zero-order chi connectivity index (χ0) is 19.2. The highest BCUT2D eigenvalue weighted by molar-refractivity contribution is 5.91. The Labute approximate surface area is 154 Å². The number of furan rings is 1. The van der Waals surface area contributed by atoms with Crippen LogP contribution in [0.4, 0.5) is 0 Å². The number of nitrogens with one attached hydrogen (secondary N) is 1. The first-order valence-corrected chi connectivity index (χ1v) is 8.49. The van der Waals surface area contributed by atoms with Gasteiger partial charge in [-0.25, -0.2) is 4.98 Å². The number of carbonyl (C=O) groups is 2. The molecule has 0 spiro atoms. The van der Waals surface area contributed by atoms with Crippen molar-refractivity contribution in [2.75, 3.05) is 6.54 Å². The predicted molar refractivity (Wildman–Crippen MR) is 96.3 cm³/mol. The van der Waals surface area contributed by atoms with E-state index in [1.165, 1.54) is 16.7 Å². The van der Waals surface area contributed by atoms with Gasteiger partial charge in [-0.15, -0.1) is 0 Å². The molecule has 0 aliphatic rings. The lowest BCUT2D eigenvalue weighted by Gasteiger charge is -2.07. The van der Waals surface area contributed by atoms with Gasteiger partial charge in [-0.2, -0.15) is 0 Å². The van der Waals surface area contributed by atoms with Crippen LogP contribution in [0, 0.1) is 6.92 Å². The Balaban J connectivity index is 1.45. The molecule has 8 nitrogen and oxygen atoms in total. The number of ether oxygens (including phenoxy) is 1. The van der Waals surface area contributed by atoms with E-state index in [2.05, 4.69) is 10.3 Å². The van der Waals surface area contributed by atoms with Crippen molar-refractivity contribution in [3.63, 3.8) is 0 Å². The summed E-state index contributed by atoms with van der Waals surface area (Å²) in [6, 6.07) is 8.13. The van der Waals surface area contributed by atoms with Crippen LogP contribution in [0.5, 0.6) is 0 Å². The van der Waals surface area contributed by atoms with E-state index in [1.54, 1.807) is 24.4 Å². The zero-order valence-corrected chi connectivity index (χ0v) is 14.8. The van der Waals surface area contributed by atoms with Gasteiger partial charge in [-0.05, 0) is 37.1 Å². The highest BCUT2D eigenvalue weighted by Gasteiger charge is 2.09. The SMILES string of the molecule is Cc1ccc2nc(COC(=O)CCCNC(=O)c3ccco3)cc(=O)n2c1. The van der Waals surface area contributed by atoms with Crippen LogP contribution in [0.3, 0.4) is 0 Å². The van der Waals surface area contributed by atoms with Crippen molar-refractivity contribution in [3.8, 4) is 0 Å². The molecule has 0 aliphatic carbocycles. The second kappa shape index (κ2) is 8.31. The lowest BCUT2D eigenvalue weighted by molar-refractivity contribution is -0.145. The summed E-state index contributed by atoms with van der Waals surface area (Å²) < 4.78 is 11.6. The van der Waals surface area contributed by atoms with Gasteiger partial charge in [-0.3, -0.25) is 18.8 Å². The summed E-state index contributed by atoms with van der Waals surface area (Å²) in [7, 11) is 0. The van der Waals surface area contributed by atoms with Crippen LogP contribution < -0.4 is 10.9 Å². The molecule has 0 atom stereocenters. The van der Waals surface area contributed by atoms with Gasteiger partial charge in [0, 0.05) is 25.2 Å². The third-order valence-corrected chi connectivity index (χ3v) is 3.83. The molecular weight excluding hydrogens is 350 g/mol. The molecule has 0 fully saturated rings. The number of amides is 1. The Kier molecular flexibility index (Phi) is 5.65. The van der Waals surface area contributed by atoms with Gasteiger partial charge < -0.3 is 14.5 Å². The van der Waals surface area contributed by atoms with Crippen LogP contribution in [0.1, 0.15) is 34.7 Å². The maximum Gasteiger partial charge on any atom is 0.306 e. The number of pyridine rings is 1. The number of hydrogen-bond donors (Lipinski definition) is 1. The van der Waals surface area contributed by atoms with Crippen LogP contribution in [-0.2, 0) is 16.1 Å². The fourth-order valence-electron chi connectivity index (χ4n) is 2.49. The number of aromatic nitrogens is 2. The lowest BCUT2D eigenvalue weighted by atomic mass is 10.3. The minimum absolute atomic E-state index is 0.0722. The molecule has 0 aromatic carbocycles. The van der Waals surface area contributed by atoms with Gasteiger partial charge in [0.1, 0.15) is 12.3 Å². The minimum Gasteiger partial charge on any atom is -0.459 e. The summed E-state index contributed by atoms with van der Waals surface area (Å²) in [4.78, 5) is 39.9. The Morgan fingerprint density at radius 3 is 2.93 bits per heavy atom. The molecular formula is C19H19N3O5. The molecule has 3 heterocycles. The molecule has 8 heteroatoms. The van der Waals surface area contributed by atoms with E-state index in [0.29, 0.717) is 24.3 Å². The summed E-state index contributed by atoms with van der Waals surface area (Å²) >= 11 is 0. The van der Waals surface area contributed by atoms with Crippen molar-refractivity contribution in [2.24, 2.45) is 0 Å². The Morgan fingerprint density at radius 2 is 2.15 bits per heavy atom. The van der Waals surface area contributed by atoms with E-state index in [-0.39, 0.29) is 30.3 Å². The molecule has 140 valence electrons. The Hall–Kier alpha value is -3.42. The normalized spacial score (nSPS) is 10.7. The minimum atomic E-state index is -0.423. The fraction of sp³-hybridized carbons (Fsp3) is 0.263. The zero-order valence-electron chi connectivity index (χ0n) is 14.8. The van der Waals surface area contributed by atoms with Crippen molar-refractivity contribution in [1.29, 1.82) is 0 Å². The smallest absolute Gasteiger partial charge is 0.306 e. The van der Waals surface area contributed by atoms with E-state index >= 15 is 0 Å². The van der Waals surface area contributed by atoms with Gasteiger partial charge in [0.25, 0.3) is 11.5 Å². The summed E-state index contributed by atoms with van der Waals surface area (Å²) in [5.41, 5.74) is 1.61. The molecule has 0 bridgehead atoms. The summed E-state index contributed by atoms with van der Waals surface area (Å²) in [5.74, 6) is -0.529. The van der Waals surface area contributed by atoms with E-state index in [4.69, 9.17) is 9.15 Å². The largest absolute Gasteiger partial charge is 0.459 e. The van der Waals surface area contributed by atoms with Gasteiger partial charge >= 0.3 is 5.97 Å². The van der Waals surface area contributed by atoms with E-state index < -0.39 is 5.97 Å². The average molecular weight is 369 g/mol. The molecule has 0 aliphatic heterocycles. The van der Waals surface area contributed by atoms with Crippen molar-refractivity contribution in [3.05, 3.63) is 70.2 Å². The van der Waals surface area contributed by atoms with Gasteiger partial charge in [0.15, 0.2) is 5.76 Å².